The van der Waals surface area contributed by atoms with E-state index in [2.05, 4.69) is 60.2 Å². The first-order valence-corrected chi connectivity index (χ1v) is 19.2. The van der Waals surface area contributed by atoms with E-state index in [1.165, 1.54) is 12.8 Å². The highest BCUT2D eigenvalue weighted by molar-refractivity contribution is 6.22. The average molecular weight is 715 g/mol. The zero-order valence-corrected chi connectivity index (χ0v) is 30.7. The topological polar surface area (TPSA) is 127 Å². The molecule has 0 fully saturated rings. The van der Waals surface area contributed by atoms with E-state index in [4.69, 9.17) is 39.4 Å². The second-order valence-electron chi connectivity index (χ2n) is 13.9. The molecular formula is C44H42N8O2. The summed E-state index contributed by atoms with van der Waals surface area (Å²) in [5.41, 5.74) is 8.47. The number of nitrogens with one attached hydrogen (secondary N) is 2. The SMILES string of the molecule is CCCCCCOc1cc(-c2nc3c4cccnc4c4ncccc4c3[nH]2)c(OCCCCCC)cc1-c1nc2c3cccnc3c3ncccc3c2[nH]1. The normalized spacial score (nSPS) is 11.9. The lowest BCUT2D eigenvalue weighted by Crippen LogP contribution is -2.03. The molecule has 0 spiro atoms. The molecule has 270 valence electrons. The summed E-state index contributed by atoms with van der Waals surface area (Å²) in [7, 11) is 0. The fourth-order valence-corrected chi connectivity index (χ4v) is 7.53. The summed E-state index contributed by atoms with van der Waals surface area (Å²) < 4.78 is 13.4. The summed E-state index contributed by atoms with van der Waals surface area (Å²) in [6.45, 7) is 5.60. The number of ether oxygens (including phenoxy) is 2. The first kappa shape index (κ1) is 33.7. The Balaban J connectivity index is 1.25. The zero-order valence-electron chi connectivity index (χ0n) is 30.7. The zero-order chi connectivity index (χ0) is 36.4. The van der Waals surface area contributed by atoms with Crippen LogP contribution in [0.3, 0.4) is 0 Å². The molecule has 0 saturated heterocycles. The fraction of sp³-hybridized carbons (Fsp3) is 0.273. The molecule has 0 radical (unpaired) electrons. The summed E-state index contributed by atoms with van der Waals surface area (Å²) in [6, 6.07) is 20.2. The summed E-state index contributed by atoms with van der Waals surface area (Å²) in [5.74, 6) is 2.80. The lowest BCUT2D eigenvalue weighted by molar-refractivity contribution is 0.298. The molecular weight excluding hydrogens is 673 g/mol. The van der Waals surface area contributed by atoms with Gasteiger partial charge in [0.25, 0.3) is 0 Å². The monoisotopic (exact) mass is 714 g/mol. The number of unbranched alkanes of at least 4 members (excludes halogenated alkanes) is 6. The van der Waals surface area contributed by atoms with Gasteiger partial charge in [0.2, 0.25) is 0 Å². The number of H-pyrrole nitrogens is 2. The van der Waals surface area contributed by atoms with Gasteiger partial charge < -0.3 is 19.4 Å². The number of benzene rings is 3. The maximum Gasteiger partial charge on any atom is 0.142 e. The van der Waals surface area contributed by atoms with Gasteiger partial charge >= 0.3 is 0 Å². The number of imidazole rings is 2. The summed E-state index contributed by atoms with van der Waals surface area (Å²) in [6.07, 6.45) is 16.0. The van der Waals surface area contributed by atoms with Crippen LogP contribution < -0.4 is 9.47 Å². The van der Waals surface area contributed by atoms with Crippen LogP contribution >= 0.6 is 0 Å². The van der Waals surface area contributed by atoms with E-state index >= 15 is 0 Å². The minimum Gasteiger partial charge on any atom is -0.493 e. The second-order valence-corrected chi connectivity index (χ2v) is 13.9. The van der Waals surface area contributed by atoms with Crippen molar-refractivity contribution in [3.8, 4) is 34.3 Å². The van der Waals surface area contributed by atoms with Crippen LogP contribution in [-0.4, -0.2) is 53.1 Å². The minimum absolute atomic E-state index is 0.580. The minimum atomic E-state index is 0.580. The Hall–Kier alpha value is -6.16. The number of aromatic nitrogens is 8. The van der Waals surface area contributed by atoms with Crippen molar-refractivity contribution in [2.24, 2.45) is 0 Å². The van der Waals surface area contributed by atoms with Gasteiger partial charge in [-0.25, -0.2) is 9.97 Å². The number of fused-ring (bicyclic) bond motifs is 12. The Bertz CT molecular complexity index is 2450. The van der Waals surface area contributed by atoms with E-state index in [0.717, 1.165) is 115 Å². The van der Waals surface area contributed by atoms with Gasteiger partial charge in [0.15, 0.2) is 0 Å². The molecule has 6 heterocycles. The van der Waals surface area contributed by atoms with Gasteiger partial charge in [0.05, 0.1) is 68.5 Å². The number of nitrogens with zero attached hydrogens (tertiary/aromatic N) is 6. The number of rotatable bonds is 14. The molecule has 0 saturated carbocycles. The summed E-state index contributed by atoms with van der Waals surface area (Å²) in [5, 5.41) is 3.82. The van der Waals surface area contributed by atoms with Crippen LogP contribution in [-0.2, 0) is 0 Å². The van der Waals surface area contributed by atoms with Gasteiger partial charge in [-0.15, -0.1) is 0 Å². The molecule has 10 nitrogen and oxygen atoms in total. The van der Waals surface area contributed by atoms with Crippen molar-refractivity contribution >= 4 is 65.7 Å². The van der Waals surface area contributed by atoms with E-state index in [-0.39, 0.29) is 0 Å². The highest BCUT2D eigenvalue weighted by Crippen LogP contribution is 2.43. The molecule has 0 aliphatic carbocycles. The molecule has 0 aliphatic heterocycles. The van der Waals surface area contributed by atoms with Crippen LogP contribution in [0.25, 0.3) is 88.5 Å². The van der Waals surface area contributed by atoms with Crippen LogP contribution in [0, 0.1) is 0 Å². The van der Waals surface area contributed by atoms with E-state index in [9.17, 15) is 0 Å². The van der Waals surface area contributed by atoms with Gasteiger partial charge in [0.1, 0.15) is 23.1 Å². The first-order chi connectivity index (χ1) is 26.7. The predicted octanol–water partition coefficient (Wildman–Crippen LogP) is 10.9. The average Bonchev–Trinajstić information content (AvgIpc) is 3.88. The van der Waals surface area contributed by atoms with Gasteiger partial charge in [-0.3, -0.25) is 19.9 Å². The lowest BCUT2D eigenvalue weighted by Gasteiger charge is -2.16. The third-order valence-electron chi connectivity index (χ3n) is 10.2. The molecule has 0 aliphatic rings. The fourth-order valence-electron chi connectivity index (χ4n) is 7.53. The summed E-state index contributed by atoms with van der Waals surface area (Å²) in [4.78, 5) is 36.7. The highest BCUT2D eigenvalue weighted by atomic mass is 16.5. The standard InChI is InChI=1S/C44H42N8O2/c1-3-5-7-9-23-53-33-25-32(44-51-41-29-17-13-21-47-37(29)38-30(42(41)52-44)18-14-22-48-38)34(54-24-10-8-6-4-2)26-31(33)43-49-39-27-15-11-19-45-35(27)36-28(40(39)50-43)16-12-20-46-36/h11-22,25-26H,3-10,23-24H2,1-2H3,(H,49,50)(H,51,52). The third kappa shape index (κ3) is 6.01. The molecule has 0 bridgehead atoms. The number of hydrogen-bond acceptors (Lipinski definition) is 8. The van der Waals surface area contributed by atoms with Gasteiger partial charge in [-0.1, -0.05) is 52.4 Å². The molecule has 0 unspecified atom stereocenters. The van der Waals surface area contributed by atoms with Crippen molar-refractivity contribution in [2.45, 2.75) is 65.2 Å². The largest absolute Gasteiger partial charge is 0.493 e. The molecule has 54 heavy (non-hydrogen) atoms. The third-order valence-corrected chi connectivity index (χ3v) is 10.2. The van der Waals surface area contributed by atoms with Crippen molar-refractivity contribution in [2.75, 3.05) is 13.2 Å². The van der Waals surface area contributed by atoms with E-state index in [1.54, 1.807) is 12.4 Å². The molecule has 3 aromatic carbocycles. The van der Waals surface area contributed by atoms with Crippen LogP contribution in [0.2, 0.25) is 0 Å². The lowest BCUT2D eigenvalue weighted by atomic mass is 10.1. The van der Waals surface area contributed by atoms with E-state index in [1.807, 2.05) is 36.7 Å². The smallest absolute Gasteiger partial charge is 0.142 e. The van der Waals surface area contributed by atoms with Gasteiger partial charge in [-0.2, -0.15) is 0 Å². The molecule has 0 atom stereocenters. The quantitative estimate of drug-likeness (QED) is 0.0841. The second kappa shape index (κ2) is 14.7. The van der Waals surface area contributed by atoms with Crippen LogP contribution in [0.1, 0.15) is 65.2 Å². The van der Waals surface area contributed by atoms with E-state index in [0.29, 0.717) is 36.4 Å². The maximum absolute atomic E-state index is 6.70. The van der Waals surface area contributed by atoms with Crippen LogP contribution in [0.5, 0.6) is 11.5 Å². The summed E-state index contributed by atoms with van der Waals surface area (Å²) >= 11 is 0. The first-order valence-electron chi connectivity index (χ1n) is 19.2. The van der Waals surface area contributed by atoms with Crippen LogP contribution in [0.15, 0.2) is 85.5 Å². The number of pyridine rings is 4. The van der Waals surface area contributed by atoms with Crippen molar-refractivity contribution in [3.63, 3.8) is 0 Å². The van der Waals surface area contributed by atoms with Crippen molar-refractivity contribution < 1.29 is 9.47 Å². The molecule has 10 heteroatoms. The van der Waals surface area contributed by atoms with Crippen molar-refractivity contribution in [1.29, 1.82) is 0 Å². The number of hydrogen-bond donors (Lipinski definition) is 2. The van der Waals surface area contributed by atoms with Crippen LogP contribution in [0.4, 0.5) is 0 Å². The predicted molar refractivity (Wildman–Crippen MR) is 217 cm³/mol. The maximum atomic E-state index is 6.70. The Labute approximate surface area is 312 Å². The molecule has 6 aromatic heterocycles. The van der Waals surface area contributed by atoms with Crippen molar-refractivity contribution in [1.82, 2.24) is 39.9 Å². The molecule has 9 aromatic rings. The Morgan fingerprint density at radius 3 is 1.26 bits per heavy atom. The van der Waals surface area contributed by atoms with E-state index < -0.39 is 0 Å². The highest BCUT2D eigenvalue weighted by Gasteiger charge is 2.23. The van der Waals surface area contributed by atoms with Crippen molar-refractivity contribution in [3.05, 3.63) is 85.5 Å². The molecule has 2 N–H and O–H groups in total. The Kier molecular flexibility index (Phi) is 9.16. The molecule has 9 rings (SSSR count). The molecule has 0 amide bonds. The number of aromatic amines is 2. The van der Waals surface area contributed by atoms with Gasteiger partial charge in [0, 0.05) is 46.3 Å². The van der Waals surface area contributed by atoms with Gasteiger partial charge in [-0.05, 0) is 73.5 Å². The Morgan fingerprint density at radius 2 is 0.852 bits per heavy atom. The Morgan fingerprint density at radius 1 is 0.463 bits per heavy atom.